The molecule has 1 aromatic heterocycles. The van der Waals surface area contributed by atoms with Crippen LogP contribution in [0.1, 0.15) is 22.5 Å². The lowest BCUT2D eigenvalue weighted by atomic mass is 10.1. The zero-order valence-corrected chi connectivity index (χ0v) is 11.7. The number of benzene rings is 1. The second-order valence-electron chi connectivity index (χ2n) is 4.69. The van der Waals surface area contributed by atoms with E-state index in [9.17, 15) is 9.59 Å². The topological polar surface area (TPSA) is 83.4 Å². The molecule has 2 rings (SSSR count). The summed E-state index contributed by atoms with van der Waals surface area (Å²) in [5.74, 6) is -0.624. The van der Waals surface area contributed by atoms with Gasteiger partial charge in [0.2, 0.25) is 5.91 Å². The first-order valence-electron chi connectivity index (χ1n) is 6.54. The standard InChI is InChI=1S/C15H17N3O3/c1-18-9-3-6-13(18)15(20)16-12-5-2-4-11(10-12)7-8-14(19)17-21/h2-6,9-10,21H,7-8H2,1H3,(H,16,20)(H,17,19). The second-order valence-corrected chi connectivity index (χ2v) is 4.69. The van der Waals surface area contributed by atoms with Gasteiger partial charge in [0.1, 0.15) is 5.69 Å². The molecule has 0 fully saturated rings. The molecule has 0 bridgehead atoms. The van der Waals surface area contributed by atoms with Crippen molar-refractivity contribution in [2.75, 3.05) is 5.32 Å². The number of hydroxylamine groups is 1. The zero-order valence-electron chi connectivity index (χ0n) is 11.7. The summed E-state index contributed by atoms with van der Waals surface area (Å²) in [5.41, 5.74) is 3.74. The number of aryl methyl sites for hydroxylation is 2. The molecule has 6 nitrogen and oxygen atoms in total. The summed E-state index contributed by atoms with van der Waals surface area (Å²) in [7, 11) is 1.80. The van der Waals surface area contributed by atoms with Crippen LogP contribution >= 0.6 is 0 Å². The summed E-state index contributed by atoms with van der Waals surface area (Å²) in [6.45, 7) is 0. The van der Waals surface area contributed by atoms with Crippen LogP contribution in [0.2, 0.25) is 0 Å². The van der Waals surface area contributed by atoms with Gasteiger partial charge < -0.3 is 9.88 Å². The molecule has 3 N–H and O–H groups in total. The average Bonchev–Trinajstić information content (AvgIpc) is 2.91. The van der Waals surface area contributed by atoms with Gasteiger partial charge in [-0.1, -0.05) is 12.1 Å². The molecule has 0 saturated heterocycles. The van der Waals surface area contributed by atoms with Crippen molar-refractivity contribution in [3.8, 4) is 0 Å². The van der Waals surface area contributed by atoms with E-state index >= 15 is 0 Å². The minimum Gasteiger partial charge on any atom is -0.347 e. The van der Waals surface area contributed by atoms with Crippen LogP contribution in [0.3, 0.4) is 0 Å². The van der Waals surface area contributed by atoms with Crippen molar-refractivity contribution >= 4 is 17.5 Å². The molecular weight excluding hydrogens is 270 g/mol. The maximum atomic E-state index is 12.1. The highest BCUT2D eigenvalue weighted by Gasteiger charge is 2.09. The average molecular weight is 287 g/mol. The minimum atomic E-state index is -0.437. The summed E-state index contributed by atoms with van der Waals surface area (Å²) < 4.78 is 1.74. The molecule has 0 aliphatic heterocycles. The number of hydrogen-bond donors (Lipinski definition) is 3. The molecule has 1 aromatic carbocycles. The summed E-state index contributed by atoms with van der Waals surface area (Å²) in [6.07, 6.45) is 2.48. The predicted molar refractivity (Wildman–Crippen MR) is 78.1 cm³/mol. The fourth-order valence-electron chi connectivity index (χ4n) is 2.01. The van der Waals surface area contributed by atoms with Crippen molar-refractivity contribution in [1.82, 2.24) is 10.0 Å². The number of aromatic nitrogens is 1. The van der Waals surface area contributed by atoms with E-state index < -0.39 is 5.91 Å². The molecule has 0 saturated carbocycles. The molecular formula is C15H17N3O3. The zero-order chi connectivity index (χ0) is 15.2. The Morgan fingerprint density at radius 1 is 1.24 bits per heavy atom. The number of nitrogens with zero attached hydrogens (tertiary/aromatic N) is 1. The molecule has 2 aromatic rings. The van der Waals surface area contributed by atoms with Gasteiger partial charge in [-0.05, 0) is 36.2 Å². The largest absolute Gasteiger partial charge is 0.347 e. The van der Waals surface area contributed by atoms with Crippen LogP contribution in [0, 0.1) is 0 Å². The highest BCUT2D eigenvalue weighted by Crippen LogP contribution is 2.14. The van der Waals surface area contributed by atoms with Crippen molar-refractivity contribution in [2.24, 2.45) is 7.05 Å². The van der Waals surface area contributed by atoms with Crippen molar-refractivity contribution in [1.29, 1.82) is 0 Å². The molecule has 1 heterocycles. The van der Waals surface area contributed by atoms with Gasteiger partial charge in [0.25, 0.3) is 5.91 Å². The van der Waals surface area contributed by atoms with Crippen LogP contribution < -0.4 is 10.8 Å². The van der Waals surface area contributed by atoms with E-state index in [4.69, 9.17) is 5.21 Å². The van der Waals surface area contributed by atoms with Crippen molar-refractivity contribution in [3.05, 3.63) is 53.9 Å². The van der Waals surface area contributed by atoms with Crippen LogP contribution in [0.15, 0.2) is 42.6 Å². The highest BCUT2D eigenvalue weighted by atomic mass is 16.5. The molecule has 21 heavy (non-hydrogen) atoms. The van der Waals surface area contributed by atoms with Crippen LogP contribution in [0.5, 0.6) is 0 Å². The molecule has 0 radical (unpaired) electrons. The quantitative estimate of drug-likeness (QED) is 0.578. The first-order chi connectivity index (χ1) is 10.1. The van der Waals surface area contributed by atoms with Gasteiger partial charge in [0.05, 0.1) is 0 Å². The summed E-state index contributed by atoms with van der Waals surface area (Å²) in [5, 5.41) is 11.3. The van der Waals surface area contributed by atoms with E-state index in [0.717, 1.165) is 5.56 Å². The van der Waals surface area contributed by atoms with E-state index in [2.05, 4.69) is 5.32 Å². The Balaban J connectivity index is 2.02. The van der Waals surface area contributed by atoms with Gasteiger partial charge in [-0.2, -0.15) is 0 Å². The third-order valence-corrected chi connectivity index (χ3v) is 3.13. The van der Waals surface area contributed by atoms with Crippen molar-refractivity contribution in [3.63, 3.8) is 0 Å². The minimum absolute atomic E-state index is 0.186. The Hall–Kier alpha value is -2.60. The van der Waals surface area contributed by atoms with E-state index in [1.807, 2.05) is 18.2 Å². The van der Waals surface area contributed by atoms with Gasteiger partial charge in [0, 0.05) is 25.4 Å². The third-order valence-electron chi connectivity index (χ3n) is 3.13. The Bertz CT molecular complexity index is 649. The monoisotopic (exact) mass is 287 g/mol. The van der Waals surface area contributed by atoms with E-state index in [1.165, 1.54) is 0 Å². The Labute approximate surface area is 122 Å². The number of carbonyl (C=O) groups excluding carboxylic acids is 2. The van der Waals surface area contributed by atoms with Crippen molar-refractivity contribution in [2.45, 2.75) is 12.8 Å². The second kappa shape index (κ2) is 6.71. The lowest BCUT2D eigenvalue weighted by Crippen LogP contribution is -2.18. The Morgan fingerprint density at radius 2 is 2.05 bits per heavy atom. The summed E-state index contributed by atoms with van der Waals surface area (Å²) in [6, 6.07) is 10.8. The molecule has 2 amide bonds. The number of anilines is 1. The van der Waals surface area contributed by atoms with E-state index in [0.29, 0.717) is 17.8 Å². The maximum Gasteiger partial charge on any atom is 0.272 e. The smallest absolute Gasteiger partial charge is 0.272 e. The lowest BCUT2D eigenvalue weighted by Gasteiger charge is -2.08. The lowest BCUT2D eigenvalue weighted by molar-refractivity contribution is -0.129. The van der Waals surface area contributed by atoms with Crippen LogP contribution in [-0.2, 0) is 18.3 Å². The Morgan fingerprint density at radius 3 is 2.71 bits per heavy atom. The van der Waals surface area contributed by atoms with Crippen LogP contribution in [0.4, 0.5) is 5.69 Å². The number of carbonyl (C=O) groups is 2. The fraction of sp³-hybridized carbons (Fsp3) is 0.200. The van der Waals surface area contributed by atoms with Gasteiger partial charge >= 0.3 is 0 Å². The first-order valence-corrected chi connectivity index (χ1v) is 6.54. The third kappa shape index (κ3) is 3.93. The van der Waals surface area contributed by atoms with Gasteiger partial charge in [-0.25, -0.2) is 5.48 Å². The fourth-order valence-corrected chi connectivity index (χ4v) is 2.01. The molecule has 0 spiro atoms. The molecule has 0 aliphatic carbocycles. The van der Waals surface area contributed by atoms with Gasteiger partial charge in [0.15, 0.2) is 0 Å². The van der Waals surface area contributed by atoms with Crippen molar-refractivity contribution < 1.29 is 14.8 Å². The number of rotatable bonds is 5. The summed E-state index contributed by atoms with van der Waals surface area (Å²) in [4.78, 5) is 23.1. The van der Waals surface area contributed by atoms with Gasteiger partial charge in [-0.15, -0.1) is 0 Å². The normalized spacial score (nSPS) is 10.2. The summed E-state index contributed by atoms with van der Waals surface area (Å²) >= 11 is 0. The number of hydrogen-bond acceptors (Lipinski definition) is 3. The molecule has 6 heteroatoms. The predicted octanol–water partition coefficient (Wildman–Crippen LogP) is 1.72. The SMILES string of the molecule is Cn1cccc1C(=O)Nc1cccc(CCC(=O)NO)c1. The van der Waals surface area contributed by atoms with Crippen LogP contribution in [0.25, 0.3) is 0 Å². The highest BCUT2D eigenvalue weighted by molar-refractivity contribution is 6.03. The number of nitrogens with one attached hydrogen (secondary N) is 2. The van der Waals surface area contributed by atoms with E-state index in [1.54, 1.807) is 41.5 Å². The number of amides is 2. The molecule has 0 atom stereocenters. The first kappa shape index (κ1) is 14.8. The molecule has 110 valence electrons. The molecule has 0 aliphatic rings. The van der Waals surface area contributed by atoms with Crippen LogP contribution in [-0.4, -0.2) is 21.6 Å². The Kier molecular flexibility index (Phi) is 4.73. The molecule has 0 unspecified atom stereocenters. The maximum absolute atomic E-state index is 12.1. The van der Waals surface area contributed by atoms with Gasteiger partial charge in [-0.3, -0.25) is 14.8 Å². The van der Waals surface area contributed by atoms with E-state index in [-0.39, 0.29) is 12.3 Å².